The Kier molecular flexibility index (Phi) is 5.13. The molecular weight excluding hydrogens is 400 g/mol. The van der Waals surface area contributed by atoms with Crippen molar-refractivity contribution in [2.24, 2.45) is 0 Å². The third-order valence-electron chi connectivity index (χ3n) is 5.02. The highest BCUT2D eigenvalue weighted by Gasteiger charge is 2.42. The molecule has 0 bridgehead atoms. The lowest BCUT2D eigenvalue weighted by Gasteiger charge is -2.36. The van der Waals surface area contributed by atoms with E-state index in [1.807, 2.05) is 13.0 Å². The quantitative estimate of drug-likeness (QED) is 0.591. The minimum absolute atomic E-state index is 0.106. The molecule has 1 heterocycles. The molecule has 0 radical (unpaired) electrons. The Balaban J connectivity index is 1.74. The number of hydrogen-bond acceptors (Lipinski definition) is 4. The largest absolute Gasteiger partial charge is 0.329 e. The van der Waals surface area contributed by atoms with Crippen LogP contribution < -0.4 is 4.31 Å². The maximum atomic E-state index is 13.4. The topological polar surface area (TPSA) is 74.8 Å². The number of amides is 1. The Morgan fingerprint density at radius 2 is 1.47 bits per heavy atom. The molecule has 7 heteroatoms. The predicted octanol–water partition coefficient (Wildman–Crippen LogP) is 3.59. The van der Waals surface area contributed by atoms with E-state index < -0.39 is 16.1 Å². The van der Waals surface area contributed by atoms with Crippen LogP contribution in [0, 0.1) is 6.92 Å². The molecule has 3 aromatic rings. The van der Waals surface area contributed by atoms with Gasteiger partial charge in [-0.1, -0.05) is 72.3 Å². The molecule has 6 nitrogen and oxygen atoms in total. The summed E-state index contributed by atoms with van der Waals surface area (Å²) in [7, 11) is -4.24. The maximum absolute atomic E-state index is 13.4. The molecule has 0 aromatic heterocycles. The number of anilines is 1. The second-order valence-corrected chi connectivity index (χ2v) is 8.90. The zero-order chi connectivity index (χ0) is 21.3. The van der Waals surface area contributed by atoms with E-state index in [2.05, 4.69) is 0 Å². The summed E-state index contributed by atoms with van der Waals surface area (Å²) >= 11 is 0. The molecule has 1 amide bonds. The highest BCUT2D eigenvalue weighted by Crippen LogP contribution is 2.33. The molecule has 3 aromatic carbocycles. The summed E-state index contributed by atoms with van der Waals surface area (Å²) in [6.45, 7) is 1.42. The summed E-state index contributed by atoms with van der Waals surface area (Å²) in [4.78, 5) is 25.9. The Labute approximate surface area is 175 Å². The first kappa shape index (κ1) is 19.8. The van der Waals surface area contributed by atoms with Crippen LogP contribution in [0.5, 0.6) is 0 Å². The lowest BCUT2D eigenvalue weighted by molar-refractivity contribution is 0.0848. The minimum Gasteiger partial charge on any atom is -0.292 e. The molecule has 0 aliphatic carbocycles. The fourth-order valence-electron chi connectivity index (χ4n) is 3.38. The van der Waals surface area contributed by atoms with Crippen molar-refractivity contribution in [3.8, 4) is 0 Å². The molecule has 30 heavy (non-hydrogen) atoms. The molecule has 0 unspecified atom stereocenters. The highest BCUT2D eigenvalue weighted by atomic mass is 32.2. The van der Waals surface area contributed by atoms with Gasteiger partial charge in [0.05, 0.1) is 24.3 Å². The molecule has 0 saturated heterocycles. The number of nitrogens with zero attached hydrogens (tertiary/aromatic N) is 2. The Morgan fingerprint density at radius 3 is 2.17 bits per heavy atom. The van der Waals surface area contributed by atoms with Crippen LogP contribution in [0.25, 0.3) is 0 Å². The molecule has 0 N–H and O–H groups in total. The summed E-state index contributed by atoms with van der Waals surface area (Å²) in [5.74, 6) is -0.948. The average Bonchev–Trinajstić information content (AvgIpc) is 2.75. The van der Waals surface area contributed by atoms with Crippen LogP contribution in [0.15, 0.2) is 78.9 Å². The first-order valence-corrected chi connectivity index (χ1v) is 10.8. The predicted molar refractivity (Wildman–Crippen MR) is 115 cm³/mol. The number of para-hydroxylation sites is 1. The van der Waals surface area contributed by atoms with Gasteiger partial charge in [-0.15, -0.1) is 0 Å². The van der Waals surface area contributed by atoms with E-state index in [-0.39, 0.29) is 30.1 Å². The van der Waals surface area contributed by atoms with E-state index in [9.17, 15) is 18.0 Å². The highest BCUT2D eigenvalue weighted by molar-refractivity contribution is 7.91. The zero-order valence-electron chi connectivity index (χ0n) is 16.4. The van der Waals surface area contributed by atoms with Gasteiger partial charge in [0.2, 0.25) is 0 Å². The van der Waals surface area contributed by atoms with Gasteiger partial charge < -0.3 is 0 Å². The number of carbonyl (C=O) groups is 2. The average molecular weight is 420 g/mol. The van der Waals surface area contributed by atoms with Crippen molar-refractivity contribution in [2.75, 3.05) is 10.8 Å². The molecule has 152 valence electrons. The van der Waals surface area contributed by atoms with E-state index in [0.29, 0.717) is 11.1 Å². The van der Waals surface area contributed by atoms with Gasteiger partial charge in [-0.2, -0.15) is 8.42 Å². The Morgan fingerprint density at radius 1 is 0.833 bits per heavy atom. The minimum atomic E-state index is -4.24. The van der Waals surface area contributed by atoms with Crippen LogP contribution >= 0.6 is 0 Å². The lowest BCUT2D eigenvalue weighted by Crippen LogP contribution is -2.52. The Hall–Kier alpha value is -3.45. The van der Waals surface area contributed by atoms with Gasteiger partial charge in [0.1, 0.15) is 0 Å². The van der Waals surface area contributed by atoms with Gasteiger partial charge in [-0.25, -0.2) is 8.61 Å². The first-order valence-electron chi connectivity index (χ1n) is 9.45. The smallest absolute Gasteiger partial charge is 0.292 e. The monoisotopic (exact) mass is 420 g/mol. The van der Waals surface area contributed by atoms with Crippen molar-refractivity contribution in [1.82, 2.24) is 4.31 Å². The van der Waals surface area contributed by atoms with Crippen LogP contribution in [0.1, 0.15) is 31.8 Å². The Bertz CT molecular complexity index is 1210. The van der Waals surface area contributed by atoms with Crippen LogP contribution in [0.3, 0.4) is 0 Å². The van der Waals surface area contributed by atoms with Crippen LogP contribution in [0.2, 0.25) is 0 Å². The van der Waals surface area contributed by atoms with E-state index in [4.69, 9.17) is 0 Å². The van der Waals surface area contributed by atoms with Crippen molar-refractivity contribution >= 4 is 27.6 Å². The summed E-state index contributed by atoms with van der Waals surface area (Å²) in [6, 6.07) is 22.3. The second-order valence-electron chi connectivity index (χ2n) is 7.12. The maximum Gasteiger partial charge on any atom is 0.329 e. The van der Waals surface area contributed by atoms with E-state index >= 15 is 0 Å². The molecule has 1 aliphatic heterocycles. The number of ketones is 1. The second kappa shape index (κ2) is 7.76. The molecule has 0 atom stereocenters. The molecule has 1 aliphatic rings. The number of benzene rings is 3. The molecular formula is C23H20N2O4S. The third-order valence-corrected chi connectivity index (χ3v) is 6.75. The van der Waals surface area contributed by atoms with Crippen LogP contribution in [0.4, 0.5) is 5.69 Å². The van der Waals surface area contributed by atoms with Crippen LogP contribution in [-0.2, 0) is 16.8 Å². The summed E-state index contributed by atoms with van der Waals surface area (Å²) in [6.07, 6.45) is 0. The fourth-order valence-corrected chi connectivity index (χ4v) is 4.93. The number of rotatable bonds is 5. The lowest BCUT2D eigenvalue weighted by atomic mass is 10.1. The van der Waals surface area contributed by atoms with Gasteiger partial charge >= 0.3 is 10.2 Å². The number of fused-ring (bicyclic) bond motifs is 1. The fraction of sp³-hybridized carbons (Fsp3) is 0.130. The van der Waals surface area contributed by atoms with Gasteiger partial charge in [0.15, 0.2) is 5.78 Å². The number of hydrogen-bond donors (Lipinski definition) is 0. The van der Waals surface area contributed by atoms with Crippen molar-refractivity contribution in [1.29, 1.82) is 0 Å². The van der Waals surface area contributed by atoms with Gasteiger partial charge in [-0.05, 0) is 24.6 Å². The van der Waals surface area contributed by atoms with Crippen molar-refractivity contribution < 1.29 is 18.0 Å². The van der Waals surface area contributed by atoms with Crippen molar-refractivity contribution in [3.05, 3.63) is 101 Å². The normalized spacial score (nSPS) is 15.0. The van der Waals surface area contributed by atoms with E-state index in [1.165, 1.54) is 0 Å². The zero-order valence-corrected chi connectivity index (χ0v) is 17.2. The van der Waals surface area contributed by atoms with Crippen molar-refractivity contribution in [3.63, 3.8) is 0 Å². The van der Waals surface area contributed by atoms with Crippen LogP contribution in [-0.4, -0.2) is 31.0 Å². The third kappa shape index (κ3) is 3.59. The molecule has 0 saturated carbocycles. The van der Waals surface area contributed by atoms with E-state index in [0.717, 1.165) is 14.2 Å². The summed E-state index contributed by atoms with van der Waals surface area (Å²) in [5.41, 5.74) is 2.56. The van der Waals surface area contributed by atoms with Gasteiger partial charge in [0.25, 0.3) is 5.91 Å². The number of aryl methyl sites for hydroxylation is 1. The summed E-state index contributed by atoms with van der Waals surface area (Å²) in [5, 5.41) is 0. The van der Waals surface area contributed by atoms with Crippen molar-refractivity contribution in [2.45, 2.75) is 13.5 Å². The SMILES string of the molecule is Cc1ccc(C(=O)CN2c3ccccc3C(=O)N(Cc3ccccc3)S2(=O)=O)cc1. The van der Waals surface area contributed by atoms with Gasteiger partial charge in [-0.3, -0.25) is 9.59 Å². The molecule has 4 rings (SSSR count). The molecule has 0 spiro atoms. The first-order chi connectivity index (χ1) is 14.4. The van der Waals surface area contributed by atoms with Gasteiger partial charge in [0, 0.05) is 5.56 Å². The van der Waals surface area contributed by atoms with E-state index in [1.54, 1.807) is 72.8 Å². The number of carbonyl (C=O) groups excluding carboxylic acids is 2. The standard InChI is InChI=1S/C23H20N2O4S/c1-17-11-13-19(14-12-17)22(26)16-24-21-10-6-5-9-20(21)23(27)25(30(24,28)29)15-18-7-3-2-4-8-18/h2-14H,15-16H2,1H3. The summed E-state index contributed by atoms with van der Waals surface area (Å²) < 4.78 is 28.6. The molecule has 0 fully saturated rings. The number of Topliss-reactive ketones (excluding diaryl/α,β-unsaturated/α-hetero) is 1.